The first-order chi connectivity index (χ1) is 10.3. The molecule has 0 amide bonds. The molecule has 0 aromatic heterocycles. The van der Waals surface area contributed by atoms with Crippen LogP contribution in [0.1, 0.15) is 64.0 Å². The highest BCUT2D eigenvalue weighted by molar-refractivity contribution is 5.44. The Bertz CT molecular complexity index is 433. The Hall–Kier alpha value is -1.22. The molecule has 0 radical (unpaired) electrons. The van der Waals surface area contributed by atoms with Crippen molar-refractivity contribution in [1.29, 1.82) is 0 Å². The van der Waals surface area contributed by atoms with Crippen LogP contribution in [0.3, 0.4) is 0 Å². The summed E-state index contributed by atoms with van der Waals surface area (Å²) in [5.74, 6) is 1.86. The summed E-state index contributed by atoms with van der Waals surface area (Å²) < 4.78 is 11.5. The molecule has 0 bridgehead atoms. The molecule has 0 saturated heterocycles. The van der Waals surface area contributed by atoms with E-state index in [0.29, 0.717) is 12.1 Å². The van der Waals surface area contributed by atoms with Gasteiger partial charge in [0.2, 0.25) is 0 Å². The highest BCUT2D eigenvalue weighted by Crippen LogP contribution is 2.38. The van der Waals surface area contributed by atoms with E-state index in [1.165, 1.54) is 31.2 Å². The van der Waals surface area contributed by atoms with Gasteiger partial charge in [-0.15, -0.1) is 0 Å². The smallest absolute Gasteiger partial charge is 0.128 e. The van der Waals surface area contributed by atoms with Gasteiger partial charge in [-0.25, -0.2) is 0 Å². The number of hydrogen-bond donors (Lipinski definition) is 1. The third-order valence-electron chi connectivity index (χ3n) is 4.22. The first-order valence-corrected chi connectivity index (χ1v) is 8.36. The third-order valence-corrected chi connectivity index (χ3v) is 4.22. The second-order valence-corrected chi connectivity index (χ2v) is 5.84. The zero-order valence-corrected chi connectivity index (χ0v) is 13.7. The molecule has 1 aliphatic rings. The standard InChI is InChI=1S/C18H29NO2/c1-4-6-7-8-9-15-12-17(19-5-2)16-11-10-14(20-3)13-18(16)21-15/h10-11,13,15,17,19H,4-9,12H2,1-3H3. The second kappa shape index (κ2) is 8.28. The lowest BCUT2D eigenvalue weighted by atomic mass is 9.93. The molecular formula is C18H29NO2. The fourth-order valence-corrected chi connectivity index (χ4v) is 3.06. The SMILES string of the molecule is CCCCCCC1CC(NCC)c2ccc(OC)cc2O1. The summed E-state index contributed by atoms with van der Waals surface area (Å²) >= 11 is 0. The number of nitrogens with one attached hydrogen (secondary N) is 1. The highest BCUT2D eigenvalue weighted by Gasteiger charge is 2.27. The van der Waals surface area contributed by atoms with Crippen LogP contribution in [0.2, 0.25) is 0 Å². The van der Waals surface area contributed by atoms with E-state index < -0.39 is 0 Å². The molecule has 0 fully saturated rings. The Morgan fingerprint density at radius 2 is 2.10 bits per heavy atom. The van der Waals surface area contributed by atoms with E-state index >= 15 is 0 Å². The largest absolute Gasteiger partial charge is 0.497 e. The van der Waals surface area contributed by atoms with Crippen molar-refractivity contribution in [3.05, 3.63) is 23.8 Å². The molecule has 1 aromatic carbocycles. The van der Waals surface area contributed by atoms with Gasteiger partial charge >= 0.3 is 0 Å². The average molecular weight is 291 g/mol. The van der Waals surface area contributed by atoms with Gasteiger partial charge in [-0.05, 0) is 25.5 Å². The molecule has 3 nitrogen and oxygen atoms in total. The lowest BCUT2D eigenvalue weighted by Crippen LogP contribution is -2.33. The minimum Gasteiger partial charge on any atom is -0.497 e. The lowest BCUT2D eigenvalue weighted by molar-refractivity contribution is 0.138. The van der Waals surface area contributed by atoms with Gasteiger partial charge in [0.25, 0.3) is 0 Å². The minimum absolute atomic E-state index is 0.325. The zero-order chi connectivity index (χ0) is 15.1. The molecule has 3 heteroatoms. The fourth-order valence-electron chi connectivity index (χ4n) is 3.06. The molecule has 118 valence electrons. The van der Waals surface area contributed by atoms with Crippen LogP contribution in [-0.2, 0) is 0 Å². The molecule has 1 N–H and O–H groups in total. The minimum atomic E-state index is 0.325. The van der Waals surface area contributed by atoms with Crippen LogP contribution in [-0.4, -0.2) is 19.8 Å². The molecule has 21 heavy (non-hydrogen) atoms. The van der Waals surface area contributed by atoms with E-state index in [1.807, 2.05) is 12.1 Å². The lowest BCUT2D eigenvalue weighted by Gasteiger charge is -2.33. The summed E-state index contributed by atoms with van der Waals surface area (Å²) in [5, 5.41) is 3.59. The molecule has 1 aliphatic heterocycles. The van der Waals surface area contributed by atoms with Gasteiger partial charge < -0.3 is 14.8 Å². The fraction of sp³-hybridized carbons (Fsp3) is 0.667. The number of unbranched alkanes of at least 4 members (excludes halogenated alkanes) is 3. The number of rotatable bonds is 8. The molecule has 1 heterocycles. The van der Waals surface area contributed by atoms with E-state index in [9.17, 15) is 0 Å². The van der Waals surface area contributed by atoms with Crippen LogP contribution in [0.25, 0.3) is 0 Å². The van der Waals surface area contributed by atoms with Crippen molar-refractivity contribution in [2.75, 3.05) is 13.7 Å². The molecule has 2 atom stereocenters. The van der Waals surface area contributed by atoms with Gasteiger partial charge in [0.1, 0.15) is 17.6 Å². The molecular weight excluding hydrogens is 262 g/mol. The van der Waals surface area contributed by atoms with E-state index in [-0.39, 0.29) is 0 Å². The highest BCUT2D eigenvalue weighted by atomic mass is 16.5. The van der Waals surface area contributed by atoms with Crippen molar-refractivity contribution in [1.82, 2.24) is 5.32 Å². The number of methoxy groups -OCH3 is 1. The van der Waals surface area contributed by atoms with Crippen molar-refractivity contribution < 1.29 is 9.47 Å². The number of benzene rings is 1. The van der Waals surface area contributed by atoms with Gasteiger partial charge in [0.05, 0.1) is 7.11 Å². The Morgan fingerprint density at radius 3 is 2.81 bits per heavy atom. The van der Waals surface area contributed by atoms with Crippen LogP contribution >= 0.6 is 0 Å². The van der Waals surface area contributed by atoms with Gasteiger partial charge in [0, 0.05) is 24.1 Å². The van der Waals surface area contributed by atoms with Crippen molar-refractivity contribution in [2.24, 2.45) is 0 Å². The topological polar surface area (TPSA) is 30.5 Å². The molecule has 0 spiro atoms. The molecule has 2 unspecified atom stereocenters. The monoisotopic (exact) mass is 291 g/mol. The average Bonchev–Trinajstić information content (AvgIpc) is 2.51. The predicted octanol–water partition coefficient (Wildman–Crippen LogP) is 4.47. The molecule has 1 aromatic rings. The quantitative estimate of drug-likeness (QED) is 0.717. The maximum atomic E-state index is 6.21. The van der Waals surface area contributed by atoms with E-state index in [4.69, 9.17) is 9.47 Å². The molecule has 0 aliphatic carbocycles. The van der Waals surface area contributed by atoms with Crippen LogP contribution in [0.5, 0.6) is 11.5 Å². The zero-order valence-electron chi connectivity index (χ0n) is 13.7. The number of fused-ring (bicyclic) bond motifs is 1. The Morgan fingerprint density at radius 1 is 1.24 bits per heavy atom. The first kappa shape index (κ1) is 16.2. The van der Waals surface area contributed by atoms with Crippen molar-refractivity contribution >= 4 is 0 Å². The summed E-state index contributed by atoms with van der Waals surface area (Å²) in [6, 6.07) is 6.58. The molecule has 0 saturated carbocycles. The van der Waals surface area contributed by atoms with Gasteiger partial charge in [-0.1, -0.05) is 39.2 Å². The van der Waals surface area contributed by atoms with Gasteiger partial charge in [0.15, 0.2) is 0 Å². The van der Waals surface area contributed by atoms with Crippen LogP contribution in [0.15, 0.2) is 18.2 Å². The van der Waals surface area contributed by atoms with E-state index in [2.05, 4.69) is 25.2 Å². The van der Waals surface area contributed by atoms with Crippen LogP contribution in [0, 0.1) is 0 Å². The first-order valence-electron chi connectivity index (χ1n) is 8.36. The summed E-state index contributed by atoms with van der Waals surface area (Å²) in [5.41, 5.74) is 1.27. The number of hydrogen-bond acceptors (Lipinski definition) is 3. The van der Waals surface area contributed by atoms with Crippen LogP contribution < -0.4 is 14.8 Å². The number of ether oxygens (including phenoxy) is 2. The summed E-state index contributed by atoms with van der Waals surface area (Å²) in [4.78, 5) is 0. The maximum absolute atomic E-state index is 6.21. The van der Waals surface area contributed by atoms with Crippen molar-refractivity contribution in [3.63, 3.8) is 0 Å². The summed E-state index contributed by atoms with van der Waals surface area (Å²) in [6.07, 6.45) is 7.73. The normalized spacial score (nSPS) is 20.7. The Kier molecular flexibility index (Phi) is 6.37. The summed E-state index contributed by atoms with van der Waals surface area (Å²) in [6.45, 7) is 5.40. The third kappa shape index (κ3) is 4.37. The van der Waals surface area contributed by atoms with Gasteiger partial charge in [-0.2, -0.15) is 0 Å². The Labute approximate surface area is 129 Å². The predicted molar refractivity (Wildman–Crippen MR) is 87.2 cm³/mol. The summed E-state index contributed by atoms with van der Waals surface area (Å²) in [7, 11) is 1.70. The van der Waals surface area contributed by atoms with Crippen molar-refractivity contribution in [2.45, 2.75) is 64.5 Å². The van der Waals surface area contributed by atoms with E-state index in [1.54, 1.807) is 7.11 Å². The van der Waals surface area contributed by atoms with Crippen molar-refractivity contribution in [3.8, 4) is 11.5 Å². The van der Waals surface area contributed by atoms with Crippen LogP contribution in [0.4, 0.5) is 0 Å². The second-order valence-electron chi connectivity index (χ2n) is 5.84. The Balaban J connectivity index is 2.04. The maximum Gasteiger partial charge on any atom is 0.128 e. The molecule has 2 rings (SSSR count). The van der Waals surface area contributed by atoms with Gasteiger partial charge in [-0.3, -0.25) is 0 Å². The van der Waals surface area contributed by atoms with E-state index in [0.717, 1.165) is 30.9 Å².